The number of benzene rings is 1. The molecular weight excluding hydrogens is 385 g/mol. The van der Waals surface area contributed by atoms with Gasteiger partial charge >= 0.3 is 6.18 Å². The molecule has 1 amide bonds. The fourth-order valence-corrected chi connectivity index (χ4v) is 5.02. The van der Waals surface area contributed by atoms with E-state index in [0.29, 0.717) is 37.8 Å². The van der Waals surface area contributed by atoms with Crippen LogP contribution < -0.4 is 4.90 Å². The van der Waals surface area contributed by atoms with Crippen molar-refractivity contribution in [1.82, 2.24) is 4.90 Å². The normalized spacial score (nSPS) is 22.5. The van der Waals surface area contributed by atoms with Crippen molar-refractivity contribution in [2.24, 2.45) is 5.92 Å². The molecule has 4 rings (SSSR count). The van der Waals surface area contributed by atoms with Gasteiger partial charge < -0.3 is 9.80 Å². The summed E-state index contributed by atoms with van der Waals surface area (Å²) in [6.45, 7) is 6.13. The highest BCUT2D eigenvalue weighted by Crippen LogP contribution is 2.50. The van der Waals surface area contributed by atoms with Gasteiger partial charge in [-0.15, -0.1) is 11.3 Å². The highest BCUT2D eigenvalue weighted by Gasteiger charge is 2.46. The molecule has 1 saturated heterocycles. The van der Waals surface area contributed by atoms with E-state index >= 15 is 0 Å². The number of alkyl halides is 3. The minimum Gasteiger partial charge on any atom is -0.368 e. The molecule has 1 aliphatic heterocycles. The number of halogens is 3. The average Bonchev–Trinajstić information content (AvgIpc) is 3.34. The number of piperazine rings is 1. The van der Waals surface area contributed by atoms with E-state index in [1.807, 2.05) is 16.7 Å². The molecular formula is C21H23F3N2OS. The van der Waals surface area contributed by atoms with Gasteiger partial charge in [0.1, 0.15) is 0 Å². The maximum atomic E-state index is 13.0. The number of amides is 1. The van der Waals surface area contributed by atoms with Gasteiger partial charge in [-0.05, 0) is 50.1 Å². The lowest BCUT2D eigenvalue weighted by Crippen LogP contribution is -2.49. The first kappa shape index (κ1) is 19.3. The summed E-state index contributed by atoms with van der Waals surface area (Å²) in [5, 5.41) is 0. The summed E-state index contributed by atoms with van der Waals surface area (Å²) in [4.78, 5) is 19.2. The van der Waals surface area contributed by atoms with Crippen molar-refractivity contribution in [3.05, 3.63) is 51.2 Å². The number of hydrogen-bond donors (Lipinski definition) is 0. The molecule has 7 heteroatoms. The summed E-state index contributed by atoms with van der Waals surface area (Å²) in [5.41, 5.74) is 0.807. The van der Waals surface area contributed by atoms with Crippen LogP contribution in [-0.4, -0.2) is 37.0 Å². The second-order valence-corrected chi connectivity index (χ2v) is 9.03. The lowest BCUT2D eigenvalue weighted by atomic mass is 10.1. The molecule has 2 heterocycles. The third-order valence-corrected chi connectivity index (χ3v) is 6.84. The number of rotatable bonds is 3. The molecule has 0 spiro atoms. The molecule has 1 aromatic carbocycles. The number of anilines is 1. The van der Waals surface area contributed by atoms with Crippen LogP contribution in [0.3, 0.4) is 0 Å². The van der Waals surface area contributed by atoms with Crippen LogP contribution in [0.5, 0.6) is 0 Å². The van der Waals surface area contributed by atoms with E-state index in [1.165, 1.54) is 21.9 Å². The topological polar surface area (TPSA) is 23.6 Å². The summed E-state index contributed by atoms with van der Waals surface area (Å²) in [6.07, 6.45) is -3.44. The van der Waals surface area contributed by atoms with Crippen molar-refractivity contribution in [2.45, 2.75) is 32.4 Å². The summed E-state index contributed by atoms with van der Waals surface area (Å²) in [7, 11) is 0. The monoisotopic (exact) mass is 408 g/mol. The first-order chi connectivity index (χ1) is 13.2. The minimum absolute atomic E-state index is 0.0693. The Morgan fingerprint density at radius 2 is 1.79 bits per heavy atom. The summed E-state index contributed by atoms with van der Waals surface area (Å²) in [6, 6.07) is 8.08. The highest BCUT2D eigenvalue weighted by molar-refractivity contribution is 7.12. The lowest BCUT2D eigenvalue weighted by Gasteiger charge is -2.37. The van der Waals surface area contributed by atoms with E-state index in [9.17, 15) is 18.0 Å². The smallest absolute Gasteiger partial charge is 0.368 e. The molecule has 0 radical (unpaired) electrons. The molecule has 1 saturated carbocycles. The maximum Gasteiger partial charge on any atom is 0.416 e. The van der Waals surface area contributed by atoms with Crippen molar-refractivity contribution < 1.29 is 18.0 Å². The largest absolute Gasteiger partial charge is 0.416 e. The van der Waals surface area contributed by atoms with Crippen LogP contribution in [0.4, 0.5) is 18.9 Å². The molecule has 0 N–H and O–H groups in total. The Kier molecular flexibility index (Phi) is 4.89. The Morgan fingerprint density at radius 1 is 1.07 bits per heavy atom. The van der Waals surface area contributed by atoms with Gasteiger partial charge in [-0.25, -0.2) is 0 Å². The van der Waals surface area contributed by atoms with E-state index in [-0.39, 0.29) is 11.8 Å². The fraction of sp³-hybridized carbons (Fsp3) is 0.476. The van der Waals surface area contributed by atoms with E-state index in [2.05, 4.69) is 19.1 Å². The van der Waals surface area contributed by atoms with Crippen LogP contribution in [0.15, 0.2) is 30.3 Å². The minimum atomic E-state index is -4.35. The molecule has 0 bridgehead atoms. The number of hydrogen-bond acceptors (Lipinski definition) is 3. The van der Waals surface area contributed by atoms with Gasteiger partial charge in [0.25, 0.3) is 0 Å². The fourth-order valence-electron chi connectivity index (χ4n) is 3.96. The van der Waals surface area contributed by atoms with E-state index in [1.54, 1.807) is 11.3 Å². The molecule has 3 nitrogen and oxygen atoms in total. The first-order valence-electron chi connectivity index (χ1n) is 9.52. The molecule has 1 aromatic heterocycles. The Hall–Kier alpha value is -2.02. The van der Waals surface area contributed by atoms with Gasteiger partial charge in [-0.1, -0.05) is 6.07 Å². The second-order valence-electron chi connectivity index (χ2n) is 7.71. The number of aryl methyl sites for hydroxylation is 2. The Balaban J connectivity index is 1.38. The van der Waals surface area contributed by atoms with Crippen molar-refractivity contribution in [2.75, 3.05) is 31.1 Å². The molecule has 1 aliphatic carbocycles. The standard InChI is InChI=1S/C21H23F3N2OS/c1-13-3-5-15(21(22,23)24)11-18(13)25-7-9-26(10-8-25)20(27)17-12-16(17)19-6-4-14(2)28-19/h3-6,11,16-17H,7-10,12H2,1-2H3/t16-,17+/m1/s1. The van der Waals surface area contributed by atoms with Crippen molar-refractivity contribution in [3.63, 3.8) is 0 Å². The van der Waals surface area contributed by atoms with Crippen LogP contribution >= 0.6 is 11.3 Å². The van der Waals surface area contributed by atoms with E-state index in [4.69, 9.17) is 0 Å². The average molecular weight is 408 g/mol. The van der Waals surface area contributed by atoms with Gasteiger partial charge in [0.05, 0.1) is 5.56 Å². The van der Waals surface area contributed by atoms with E-state index < -0.39 is 11.7 Å². The first-order valence-corrected chi connectivity index (χ1v) is 10.3. The molecule has 0 unspecified atom stereocenters. The number of nitrogens with zero attached hydrogens (tertiary/aromatic N) is 2. The van der Waals surface area contributed by atoms with Crippen LogP contribution in [0, 0.1) is 19.8 Å². The number of carbonyl (C=O) groups is 1. The SMILES string of the molecule is Cc1ccc([C@@H]2C[C@@H]2C(=O)N2CCN(c3cc(C(F)(F)F)ccc3C)CC2)s1. The predicted molar refractivity (Wildman–Crippen MR) is 105 cm³/mol. The Morgan fingerprint density at radius 3 is 2.39 bits per heavy atom. The zero-order valence-corrected chi connectivity index (χ0v) is 16.7. The van der Waals surface area contributed by atoms with Gasteiger partial charge in [0, 0.05) is 53.5 Å². The molecule has 150 valence electrons. The maximum absolute atomic E-state index is 13.0. The van der Waals surface area contributed by atoms with Crippen molar-refractivity contribution in [1.29, 1.82) is 0 Å². The van der Waals surface area contributed by atoms with Crippen molar-refractivity contribution in [3.8, 4) is 0 Å². The number of carbonyl (C=O) groups excluding carboxylic acids is 1. The Bertz CT molecular complexity index is 884. The van der Waals surface area contributed by atoms with Crippen LogP contribution in [0.2, 0.25) is 0 Å². The predicted octanol–water partition coefficient (Wildman–Crippen LogP) is 4.84. The third kappa shape index (κ3) is 3.77. The van der Waals surface area contributed by atoms with Crippen molar-refractivity contribution >= 4 is 22.9 Å². The van der Waals surface area contributed by atoms with Gasteiger partial charge in [-0.2, -0.15) is 13.2 Å². The lowest BCUT2D eigenvalue weighted by molar-refractivity contribution is -0.137. The van der Waals surface area contributed by atoms with Crippen LogP contribution in [0.1, 0.15) is 33.2 Å². The second kappa shape index (κ2) is 7.10. The van der Waals surface area contributed by atoms with E-state index in [0.717, 1.165) is 18.1 Å². The molecule has 2 aromatic rings. The zero-order valence-electron chi connectivity index (χ0n) is 15.9. The van der Waals surface area contributed by atoms with Crippen LogP contribution in [0.25, 0.3) is 0 Å². The number of thiophene rings is 1. The molecule has 2 atom stereocenters. The highest BCUT2D eigenvalue weighted by atomic mass is 32.1. The summed E-state index contributed by atoms with van der Waals surface area (Å²) >= 11 is 1.76. The molecule has 2 fully saturated rings. The van der Waals surface area contributed by atoms with Gasteiger partial charge in [0.2, 0.25) is 5.91 Å². The quantitative estimate of drug-likeness (QED) is 0.726. The molecule has 28 heavy (non-hydrogen) atoms. The molecule has 2 aliphatic rings. The summed E-state index contributed by atoms with van der Waals surface area (Å²) < 4.78 is 39.1. The van der Waals surface area contributed by atoms with Gasteiger partial charge in [0.15, 0.2) is 0 Å². The third-order valence-electron chi connectivity index (χ3n) is 5.70. The van der Waals surface area contributed by atoms with Gasteiger partial charge in [-0.3, -0.25) is 4.79 Å². The summed E-state index contributed by atoms with van der Waals surface area (Å²) in [5.74, 6) is 0.603. The zero-order chi connectivity index (χ0) is 20.1. The Labute approximate surface area is 166 Å². The van der Waals surface area contributed by atoms with Crippen LogP contribution in [-0.2, 0) is 11.0 Å².